The van der Waals surface area contributed by atoms with Crippen molar-refractivity contribution in [1.82, 2.24) is 0 Å². The third-order valence-electron chi connectivity index (χ3n) is 3.29. The summed E-state index contributed by atoms with van der Waals surface area (Å²) in [5, 5.41) is 13.1. The van der Waals surface area contributed by atoms with Gasteiger partial charge in [0.1, 0.15) is 0 Å². The lowest BCUT2D eigenvalue weighted by Crippen LogP contribution is -2.33. The summed E-state index contributed by atoms with van der Waals surface area (Å²) < 4.78 is 10.4. The number of hydrogen-bond donors (Lipinski definition) is 1. The predicted molar refractivity (Wildman–Crippen MR) is 83.2 cm³/mol. The number of rotatable bonds is 4. The minimum Gasteiger partial charge on any atom is -0.454 e. The second-order valence-corrected chi connectivity index (χ2v) is 4.75. The third kappa shape index (κ3) is 2.95. The van der Waals surface area contributed by atoms with Crippen molar-refractivity contribution < 1.29 is 24.0 Å². The number of ether oxygens (including phenoxy) is 2. The summed E-state index contributed by atoms with van der Waals surface area (Å²) >= 11 is 0. The molecule has 1 aliphatic rings. The van der Waals surface area contributed by atoms with Crippen LogP contribution in [-0.2, 0) is 4.79 Å². The van der Waals surface area contributed by atoms with E-state index in [0.29, 0.717) is 29.3 Å². The van der Waals surface area contributed by atoms with Crippen LogP contribution in [0.1, 0.15) is 0 Å². The van der Waals surface area contributed by atoms with Crippen LogP contribution in [0.3, 0.4) is 0 Å². The van der Waals surface area contributed by atoms with Crippen molar-refractivity contribution in [2.45, 2.75) is 0 Å². The molecule has 0 saturated heterocycles. The molecular formula is C15H11N3O6. The number of nitro benzene ring substituents is 1. The molecular weight excluding hydrogens is 318 g/mol. The van der Waals surface area contributed by atoms with Gasteiger partial charge in [-0.2, -0.15) is 0 Å². The van der Waals surface area contributed by atoms with Crippen molar-refractivity contribution in [2.75, 3.05) is 17.0 Å². The van der Waals surface area contributed by atoms with E-state index in [9.17, 15) is 19.7 Å². The molecule has 24 heavy (non-hydrogen) atoms. The number of nitrogens with zero attached hydrogens (tertiary/aromatic N) is 2. The molecule has 0 spiro atoms. The Morgan fingerprint density at radius 1 is 1.17 bits per heavy atom. The number of anilines is 2. The molecule has 0 saturated carbocycles. The average molecular weight is 329 g/mol. The summed E-state index contributed by atoms with van der Waals surface area (Å²) in [6, 6.07) is 9.18. The van der Waals surface area contributed by atoms with Crippen molar-refractivity contribution >= 4 is 29.5 Å². The molecule has 3 rings (SSSR count). The van der Waals surface area contributed by atoms with Crippen LogP contribution in [-0.4, -0.2) is 24.2 Å². The summed E-state index contributed by atoms with van der Waals surface area (Å²) in [6.45, 7) is 0.0782. The first-order valence-corrected chi connectivity index (χ1v) is 6.78. The SMILES string of the molecule is O=CN(C(=O)Nc1ccc([N+](=O)[O-])cc1)c1ccc2c(c1)OCO2. The number of amides is 3. The van der Waals surface area contributed by atoms with Crippen LogP contribution >= 0.6 is 0 Å². The maximum Gasteiger partial charge on any atom is 0.332 e. The Morgan fingerprint density at radius 2 is 1.88 bits per heavy atom. The van der Waals surface area contributed by atoms with E-state index in [4.69, 9.17) is 9.47 Å². The van der Waals surface area contributed by atoms with Gasteiger partial charge in [-0.1, -0.05) is 0 Å². The minimum atomic E-state index is -0.710. The van der Waals surface area contributed by atoms with Gasteiger partial charge in [0.25, 0.3) is 5.69 Å². The zero-order valence-electron chi connectivity index (χ0n) is 12.2. The number of benzene rings is 2. The van der Waals surface area contributed by atoms with Crippen molar-refractivity contribution in [3.8, 4) is 11.5 Å². The second kappa shape index (κ2) is 6.24. The quantitative estimate of drug-likeness (QED) is 0.524. The van der Waals surface area contributed by atoms with Crippen LogP contribution in [0.15, 0.2) is 42.5 Å². The van der Waals surface area contributed by atoms with E-state index < -0.39 is 11.0 Å². The Morgan fingerprint density at radius 3 is 2.54 bits per heavy atom. The zero-order chi connectivity index (χ0) is 17.1. The Bertz CT molecular complexity index is 805. The Labute approximate surface area is 135 Å². The minimum absolute atomic E-state index is 0.0782. The van der Waals surface area contributed by atoms with Gasteiger partial charge >= 0.3 is 6.03 Å². The number of carbonyl (C=O) groups is 2. The molecule has 2 aromatic rings. The Kier molecular flexibility index (Phi) is 3.98. The van der Waals surface area contributed by atoms with E-state index in [0.717, 1.165) is 4.90 Å². The highest BCUT2D eigenvalue weighted by atomic mass is 16.7. The molecule has 1 heterocycles. The van der Waals surface area contributed by atoms with Gasteiger partial charge in [-0.15, -0.1) is 0 Å². The first kappa shape index (κ1) is 15.3. The molecule has 122 valence electrons. The number of imide groups is 1. The fraction of sp³-hybridized carbons (Fsp3) is 0.0667. The Hall–Kier alpha value is -3.62. The normalized spacial score (nSPS) is 11.7. The number of non-ortho nitro benzene ring substituents is 1. The number of fused-ring (bicyclic) bond motifs is 1. The topological polar surface area (TPSA) is 111 Å². The smallest absolute Gasteiger partial charge is 0.332 e. The number of urea groups is 1. The molecule has 0 unspecified atom stereocenters. The maximum absolute atomic E-state index is 12.2. The summed E-state index contributed by atoms with van der Waals surface area (Å²) in [7, 11) is 0. The number of hydrogen-bond acceptors (Lipinski definition) is 6. The highest BCUT2D eigenvalue weighted by Crippen LogP contribution is 2.35. The van der Waals surface area contributed by atoms with Gasteiger partial charge in [0.2, 0.25) is 13.2 Å². The van der Waals surface area contributed by atoms with Crippen LogP contribution in [0.5, 0.6) is 11.5 Å². The number of nitro groups is 1. The average Bonchev–Trinajstić information content (AvgIpc) is 3.04. The van der Waals surface area contributed by atoms with Crippen LogP contribution < -0.4 is 19.7 Å². The van der Waals surface area contributed by atoms with Gasteiger partial charge in [-0.3, -0.25) is 14.9 Å². The van der Waals surface area contributed by atoms with Crippen LogP contribution in [0, 0.1) is 10.1 Å². The van der Waals surface area contributed by atoms with Crippen molar-refractivity contribution in [3.05, 3.63) is 52.6 Å². The highest BCUT2D eigenvalue weighted by Gasteiger charge is 2.20. The van der Waals surface area contributed by atoms with E-state index in [-0.39, 0.29) is 12.5 Å². The van der Waals surface area contributed by atoms with Crippen molar-refractivity contribution in [1.29, 1.82) is 0 Å². The lowest BCUT2D eigenvalue weighted by molar-refractivity contribution is -0.384. The molecule has 0 radical (unpaired) electrons. The predicted octanol–water partition coefficient (Wildman–Crippen LogP) is 2.52. The number of nitrogens with one attached hydrogen (secondary N) is 1. The molecule has 3 amide bonds. The van der Waals surface area contributed by atoms with Gasteiger partial charge in [0.15, 0.2) is 11.5 Å². The van der Waals surface area contributed by atoms with Gasteiger partial charge in [0, 0.05) is 23.9 Å². The first-order valence-electron chi connectivity index (χ1n) is 6.78. The van der Waals surface area contributed by atoms with Gasteiger partial charge in [-0.05, 0) is 24.3 Å². The van der Waals surface area contributed by atoms with E-state index in [2.05, 4.69) is 5.32 Å². The fourth-order valence-electron chi connectivity index (χ4n) is 2.11. The Balaban J connectivity index is 1.76. The van der Waals surface area contributed by atoms with E-state index in [1.165, 1.54) is 36.4 Å². The maximum atomic E-state index is 12.2. The fourth-order valence-corrected chi connectivity index (χ4v) is 2.11. The molecule has 0 fully saturated rings. The summed E-state index contributed by atoms with van der Waals surface area (Å²) in [5.74, 6) is 0.961. The lowest BCUT2D eigenvalue weighted by Gasteiger charge is -2.16. The molecule has 2 aromatic carbocycles. The monoisotopic (exact) mass is 329 g/mol. The van der Waals surface area contributed by atoms with Crippen LogP contribution in [0.25, 0.3) is 0 Å². The van der Waals surface area contributed by atoms with Gasteiger partial charge in [0.05, 0.1) is 10.6 Å². The van der Waals surface area contributed by atoms with Gasteiger partial charge < -0.3 is 14.8 Å². The number of carbonyl (C=O) groups excluding carboxylic acids is 2. The van der Waals surface area contributed by atoms with Crippen LogP contribution in [0.4, 0.5) is 21.9 Å². The summed E-state index contributed by atoms with van der Waals surface area (Å²) in [6.07, 6.45) is 0.359. The van der Waals surface area contributed by atoms with Gasteiger partial charge in [-0.25, -0.2) is 9.69 Å². The third-order valence-corrected chi connectivity index (χ3v) is 3.29. The first-order chi connectivity index (χ1) is 11.6. The molecule has 0 bridgehead atoms. The van der Waals surface area contributed by atoms with E-state index in [1.54, 1.807) is 6.07 Å². The molecule has 0 aliphatic carbocycles. The van der Waals surface area contributed by atoms with Crippen LogP contribution in [0.2, 0.25) is 0 Å². The molecule has 9 nitrogen and oxygen atoms in total. The van der Waals surface area contributed by atoms with E-state index >= 15 is 0 Å². The standard InChI is InChI=1S/C15H11N3O6/c19-8-17(12-5-6-13-14(7-12)24-9-23-13)15(20)16-10-1-3-11(4-2-10)18(21)22/h1-8H,9H2,(H,16,20). The highest BCUT2D eigenvalue weighted by molar-refractivity contribution is 6.12. The lowest BCUT2D eigenvalue weighted by atomic mass is 10.2. The zero-order valence-corrected chi connectivity index (χ0v) is 12.2. The summed E-state index contributed by atoms with van der Waals surface area (Å²) in [5.41, 5.74) is 0.517. The molecule has 0 aromatic heterocycles. The molecule has 0 atom stereocenters. The molecule has 1 N–H and O–H groups in total. The van der Waals surface area contributed by atoms with Crippen molar-refractivity contribution in [2.24, 2.45) is 0 Å². The molecule has 1 aliphatic heterocycles. The second-order valence-electron chi connectivity index (χ2n) is 4.75. The largest absolute Gasteiger partial charge is 0.454 e. The van der Waals surface area contributed by atoms with Crippen molar-refractivity contribution in [3.63, 3.8) is 0 Å². The summed E-state index contributed by atoms with van der Waals surface area (Å²) in [4.78, 5) is 34.4. The molecule has 9 heteroatoms. The van der Waals surface area contributed by atoms with E-state index in [1.807, 2.05) is 0 Å².